The Hall–Kier alpha value is -6.18. The van der Waals surface area contributed by atoms with Gasteiger partial charge in [-0.05, 0) is 106 Å². The number of benzene rings is 8. The van der Waals surface area contributed by atoms with E-state index in [1.54, 1.807) is 6.08 Å². The minimum Gasteiger partial charge on any atom is -0.310 e. The third-order valence-electron chi connectivity index (χ3n) is 9.00. The van der Waals surface area contributed by atoms with Crippen molar-refractivity contribution in [2.24, 2.45) is 0 Å². The summed E-state index contributed by atoms with van der Waals surface area (Å²) in [5.41, 5.74) is 11.0. The van der Waals surface area contributed by atoms with Gasteiger partial charge in [-0.2, -0.15) is 0 Å². The summed E-state index contributed by atoms with van der Waals surface area (Å²) >= 11 is 0. The SMILES string of the molecule is C=CC.CC.CCc1cccc2ccccc12.Cc1ccc(-c2ccc(N(c3ccc(-c4ccccc4)cc3)c3ccc4ccccc4c3)cc2)cc1. The summed E-state index contributed by atoms with van der Waals surface area (Å²) in [6, 6.07) is 67.2. The van der Waals surface area contributed by atoms with E-state index in [2.05, 4.69) is 213 Å². The number of aryl methyl sites for hydroxylation is 2. The van der Waals surface area contributed by atoms with Crippen molar-refractivity contribution < 1.29 is 0 Å². The highest BCUT2D eigenvalue weighted by Gasteiger charge is 2.14. The Kier molecular flexibility index (Phi) is 14.0. The number of anilines is 3. The third-order valence-corrected chi connectivity index (χ3v) is 9.00. The molecule has 1 nitrogen and oxygen atoms in total. The third kappa shape index (κ3) is 9.79. The van der Waals surface area contributed by atoms with E-state index in [4.69, 9.17) is 0 Å². The smallest absolute Gasteiger partial charge is 0.0468 e. The summed E-state index contributed by atoms with van der Waals surface area (Å²) in [6.45, 7) is 13.6. The van der Waals surface area contributed by atoms with Crippen LogP contribution in [0.4, 0.5) is 17.1 Å². The topological polar surface area (TPSA) is 3.24 Å². The molecular weight excluding hydrogens is 639 g/mol. The van der Waals surface area contributed by atoms with Gasteiger partial charge in [-0.15, -0.1) is 6.58 Å². The van der Waals surface area contributed by atoms with E-state index in [0.717, 1.165) is 23.5 Å². The van der Waals surface area contributed by atoms with Gasteiger partial charge in [-0.1, -0.05) is 184 Å². The molecule has 0 N–H and O–H groups in total. The molecule has 0 aliphatic carbocycles. The molecule has 0 amide bonds. The van der Waals surface area contributed by atoms with Crippen molar-refractivity contribution in [1.82, 2.24) is 0 Å². The molecule has 8 aromatic carbocycles. The van der Waals surface area contributed by atoms with Crippen LogP contribution in [0.2, 0.25) is 0 Å². The number of rotatable bonds is 6. The van der Waals surface area contributed by atoms with Crippen LogP contribution in [0, 0.1) is 6.92 Å². The fraction of sp³-hybridized carbons (Fsp3) is 0.115. The van der Waals surface area contributed by atoms with Crippen LogP contribution in [-0.4, -0.2) is 0 Å². The zero-order valence-electron chi connectivity index (χ0n) is 31.8. The maximum absolute atomic E-state index is 3.36. The number of fused-ring (bicyclic) bond motifs is 2. The Morgan fingerprint density at radius 1 is 0.453 bits per heavy atom. The molecule has 8 aromatic rings. The monoisotopic (exact) mass is 689 g/mol. The Labute approximate surface area is 317 Å². The summed E-state index contributed by atoms with van der Waals surface area (Å²) < 4.78 is 0. The van der Waals surface area contributed by atoms with Crippen LogP contribution < -0.4 is 4.90 Å². The number of nitrogens with zero attached hydrogens (tertiary/aromatic N) is 1. The lowest BCUT2D eigenvalue weighted by Gasteiger charge is -2.26. The average Bonchev–Trinajstić information content (AvgIpc) is 3.23. The fourth-order valence-corrected chi connectivity index (χ4v) is 6.35. The first-order valence-electron chi connectivity index (χ1n) is 18.7. The second kappa shape index (κ2) is 19.4. The molecule has 0 aliphatic rings. The molecule has 0 unspecified atom stereocenters. The second-order valence-corrected chi connectivity index (χ2v) is 12.6. The van der Waals surface area contributed by atoms with E-state index in [0.29, 0.717) is 0 Å². The predicted octanol–water partition coefficient (Wildman–Crippen LogP) is 15.6. The zero-order valence-corrected chi connectivity index (χ0v) is 31.8. The van der Waals surface area contributed by atoms with Crippen LogP contribution in [0.1, 0.15) is 38.8 Å². The Morgan fingerprint density at radius 2 is 0.887 bits per heavy atom. The van der Waals surface area contributed by atoms with Crippen LogP contribution in [0.3, 0.4) is 0 Å². The number of hydrogen-bond acceptors (Lipinski definition) is 1. The molecule has 0 aliphatic heterocycles. The first-order valence-corrected chi connectivity index (χ1v) is 18.7. The lowest BCUT2D eigenvalue weighted by molar-refractivity contribution is 1.16. The van der Waals surface area contributed by atoms with Crippen molar-refractivity contribution >= 4 is 38.6 Å². The molecule has 53 heavy (non-hydrogen) atoms. The maximum atomic E-state index is 3.36. The zero-order chi connectivity index (χ0) is 37.4. The predicted molar refractivity (Wildman–Crippen MR) is 235 cm³/mol. The van der Waals surface area contributed by atoms with Crippen LogP contribution >= 0.6 is 0 Å². The van der Waals surface area contributed by atoms with Crippen LogP contribution in [0.5, 0.6) is 0 Å². The van der Waals surface area contributed by atoms with Gasteiger partial charge in [0.2, 0.25) is 0 Å². The van der Waals surface area contributed by atoms with E-state index in [1.165, 1.54) is 54.9 Å². The maximum Gasteiger partial charge on any atom is 0.0468 e. The van der Waals surface area contributed by atoms with E-state index < -0.39 is 0 Å². The van der Waals surface area contributed by atoms with Gasteiger partial charge in [0.05, 0.1) is 0 Å². The highest BCUT2D eigenvalue weighted by molar-refractivity contribution is 5.90. The molecule has 0 saturated carbocycles. The van der Waals surface area contributed by atoms with Gasteiger partial charge in [0, 0.05) is 17.1 Å². The average molecular weight is 690 g/mol. The molecule has 0 spiro atoms. The molecule has 264 valence electrons. The summed E-state index contributed by atoms with van der Waals surface area (Å²) in [4.78, 5) is 2.33. The first kappa shape index (κ1) is 38.1. The summed E-state index contributed by atoms with van der Waals surface area (Å²) in [6.07, 6.45) is 2.86. The quantitative estimate of drug-likeness (QED) is 0.157. The van der Waals surface area contributed by atoms with E-state index >= 15 is 0 Å². The molecule has 1 heteroatoms. The van der Waals surface area contributed by atoms with Gasteiger partial charge < -0.3 is 4.90 Å². The highest BCUT2D eigenvalue weighted by Crippen LogP contribution is 2.38. The van der Waals surface area contributed by atoms with Crippen LogP contribution in [-0.2, 0) is 6.42 Å². The summed E-state index contributed by atoms with van der Waals surface area (Å²) in [5, 5.41) is 5.21. The van der Waals surface area contributed by atoms with Crippen molar-refractivity contribution in [3.63, 3.8) is 0 Å². The molecule has 0 heterocycles. The Morgan fingerprint density at radius 3 is 1.45 bits per heavy atom. The number of allylic oxidation sites excluding steroid dienone is 1. The van der Waals surface area contributed by atoms with Crippen LogP contribution in [0.15, 0.2) is 201 Å². The van der Waals surface area contributed by atoms with Crippen molar-refractivity contribution in [3.05, 3.63) is 212 Å². The van der Waals surface area contributed by atoms with Crippen molar-refractivity contribution in [2.45, 2.75) is 41.0 Å². The van der Waals surface area contributed by atoms with E-state index in [-0.39, 0.29) is 0 Å². The highest BCUT2D eigenvalue weighted by atomic mass is 15.1. The Balaban J connectivity index is 0.000000265. The molecule has 8 rings (SSSR count). The molecule has 0 radical (unpaired) electrons. The van der Waals surface area contributed by atoms with Gasteiger partial charge in [0.15, 0.2) is 0 Å². The normalized spacial score (nSPS) is 10.1. The largest absolute Gasteiger partial charge is 0.310 e. The van der Waals surface area contributed by atoms with Gasteiger partial charge in [-0.3, -0.25) is 0 Å². The Bertz CT molecular complexity index is 2290. The van der Waals surface area contributed by atoms with Gasteiger partial charge in [0.25, 0.3) is 0 Å². The van der Waals surface area contributed by atoms with E-state index in [9.17, 15) is 0 Å². The lowest BCUT2D eigenvalue weighted by atomic mass is 10.0. The van der Waals surface area contributed by atoms with Crippen LogP contribution in [0.25, 0.3) is 43.8 Å². The first-order chi connectivity index (χ1) is 26.1. The summed E-state index contributed by atoms with van der Waals surface area (Å²) in [7, 11) is 0. The van der Waals surface area contributed by atoms with Crippen molar-refractivity contribution in [1.29, 1.82) is 0 Å². The fourth-order valence-electron chi connectivity index (χ4n) is 6.35. The molecular formula is C52H51N. The summed E-state index contributed by atoms with van der Waals surface area (Å²) in [5.74, 6) is 0. The van der Waals surface area contributed by atoms with Crippen molar-refractivity contribution in [2.75, 3.05) is 4.90 Å². The molecule has 0 aromatic heterocycles. The number of hydrogen-bond donors (Lipinski definition) is 0. The standard InChI is InChI=1S/C35H27N.C12H12.C3H6.C2H6/c1-26-11-13-29(14-12-26)31-17-22-34(23-18-31)36(35-24-19-28-9-5-6-10-32(28)25-35)33-20-15-30(16-21-33)27-7-3-2-4-8-27;1-2-10-7-5-8-11-6-3-4-9-12(10)11;1-3-2;1-2/h2-25H,1H3;3-9H,2H2,1H3;3H,1H2,2H3;1-2H3. The van der Waals surface area contributed by atoms with Crippen molar-refractivity contribution in [3.8, 4) is 22.3 Å². The van der Waals surface area contributed by atoms with Gasteiger partial charge >= 0.3 is 0 Å². The second-order valence-electron chi connectivity index (χ2n) is 12.6. The molecule has 0 atom stereocenters. The van der Waals surface area contributed by atoms with Gasteiger partial charge in [-0.25, -0.2) is 0 Å². The lowest BCUT2D eigenvalue weighted by Crippen LogP contribution is -2.09. The molecule has 0 bridgehead atoms. The minimum atomic E-state index is 1.11. The minimum absolute atomic E-state index is 1.11. The van der Waals surface area contributed by atoms with E-state index in [1.807, 2.05) is 20.8 Å². The molecule has 0 saturated heterocycles. The van der Waals surface area contributed by atoms with Gasteiger partial charge in [0.1, 0.15) is 0 Å². The molecule has 0 fully saturated rings.